The summed E-state index contributed by atoms with van der Waals surface area (Å²) in [4.78, 5) is 25.3. The van der Waals surface area contributed by atoms with E-state index >= 15 is 0 Å². The zero-order valence-electron chi connectivity index (χ0n) is 23.3. The van der Waals surface area contributed by atoms with Gasteiger partial charge in [0.25, 0.3) is 0 Å². The van der Waals surface area contributed by atoms with Crippen molar-refractivity contribution in [2.75, 3.05) is 13.2 Å². The predicted molar refractivity (Wildman–Crippen MR) is 156 cm³/mol. The quantitative estimate of drug-likeness (QED) is 0.0987. The number of pyridine rings is 1. The Bertz CT molecular complexity index is 1380. The number of ketones is 1. The number of fused-ring (bicyclic) bond motifs is 1. The van der Waals surface area contributed by atoms with E-state index < -0.39 is 0 Å². The highest BCUT2D eigenvalue weighted by atomic mass is 16.5. The molecule has 2 aromatic heterocycles. The van der Waals surface area contributed by atoms with Gasteiger partial charge in [-0.05, 0) is 86.4 Å². The highest BCUT2D eigenvalue weighted by Gasteiger charge is 2.18. The maximum absolute atomic E-state index is 13.6. The fourth-order valence-electron chi connectivity index (χ4n) is 4.91. The van der Waals surface area contributed by atoms with Crippen LogP contribution in [0.15, 0.2) is 79.0 Å². The zero-order valence-corrected chi connectivity index (χ0v) is 23.3. The summed E-state index contributed by atoms with van der Waals surface area (Å²) in [5.74, 6) is 1.13. The van der Waals surface area contributed by atoms with Crippen molar-refractivity contribution in [3.05, 3.63) is 107 Å². The smallest absolute Gasteiger partial charge is 0.305 e. The lowest BCUT2D eigenvalue weighted by molar-refractivity contribution is -0.143. The first-order valence-electron chi connectivity index (χ1n) is 14.0. The van der Waals surface area contributed by atoms with Crippen LogP contribution in [0, 0.1) is 5.92 Å². The molecule has 39 heavy (non-hydrogen) atoms. The molecule has 0 saturated heterocycles. The number of hydrogen-bond donors (Lipinski definition) is 0. The number of aryl methyl sites for hydroxylation is 2. The van der Waals surface area contributed by atoms with Gasteiger partial charge in [0.1, 0.15) is 5.75 Å². The second-order valence-electron chi connectivity index (χ2n) is 10.4. The van der Waals surface area contributed by atoms with Crippen LogP contribution in [0.1, 0.15) is 72.8 Å². The fourth-order valence-corrected chi connectivity index (χ4v) is 4.91. The van der Waals surface area contributed by atoms with Gasteiger partial charge in [-0.25, -0.2) is 0 Å². The molecule has 5 heteroatoms. The van der Waals surface area contributed by atoms with Crippen molar-refractivity contribution in [3.8, 4) is 5.75 Å². The van der Waals surface area contributed by atoms with E-state index in [1.807, 2.05) is 66.1 Å². The van der Waals surface area contributed by atoms with E-state index in [4.69, 9.17) is 9.47 Å². The van der Waals surface area contributed by atoms with Crippen LogP contribution in [0.25, 0.3) is 5.52 Å². The molecular formula is C34H39NO4. The molecule has 2 aromatic carbocycles. The summed E-state index contributed by atoms with van der Waals surface area (Å²) in [7, 11) is 0. The predicted octanol–water partition coefficient (Wildman–Crippen LogP) is 7.27. The highest BCUT2D eigenvalue weighted by molar-refractivity contribution is 6.13. The lowest BCUT2D eigenvalue weighted by atomic mass is 10.0. The summed E-state index contributed by atoms with van der Waals surface area (Å²) in [6, 6.07) is 24.1. The van der Waals surface area contributed by atoms with Crippen LogP contribution >= 0.6 is 0 Å². The summed E-state index contributed by atoms with van der Waals surface area (Å²) in [5, 5.41) is 0. The molecule has 0 spiro atoms. The molecule has 0 N–H and O–H groups in total. The van der Waals surface area contributed by atoms with Gasteiger partial charge in [-0.2, -0.15) is 0 Å². The third kappa shape index (κ3) is 7.82. The van der Waals surface area contributed by atoms with E-state index in [2.05, 4.69) is 38.1 Å². The standard InChI is InChI=1S/C34H39NO4/c1-4-38-33(36)15-8-12-29-24-31(32-14-5-6-20-35(29)32)34(37)28-11-7-13-30(23-28)39-21-9-10-26-16-18-27(19-17-26)22-25(2)3/h5-7,11,13-14,16-20,23-25H,4,8-10,12,15,21-22H2,1-3H3. The SMILES string of the molecule is CCOC(=O)CCCc1cc(C(=O)c2cccc(OCCCc3ccc(CC(C)C)cc3)c2)c2ccccn12. The molecule has 0 aliphatic carbocycles. The van der Waals surface area contributed by atoms with Crippen LogP contribution in [0.3, 0.4) is 0 Å². The Kier molecular flexibility index (Phi) is 9.96. The van der Waals surface area contributed by atoms with Crippen molar-refractivity contribution in [2.45, 2.75) is 59.3 Å². The Morgan fingerprint density at radius 1 is 0.872 bits per heavy atom. The molecule has 0 radical (unpaired) electrons. The number of rotatable bonds is 14. The van der Waals surface area contributed by atoms with Gasteiger partial charge in [-0.1, -0.05) is 56.3 Å². The summed E-state index contributed by atoms with van der Waals surface area (Å²) in [5.41, 5.74) is 5.81. The number of carbonyl (C=O) groups is 2. The van der Waals surface area contributed by atoms with E-state index in [0.29, 0.717) is 55.3 Å². The monoisotopic (exact) mass is 525 g/mol. The third-order valence-corrected chi connectivity index (χ3v) is 6.76. The lowest BCUT2D eigenvalue weighted by Crippen LogP contribution is -2.04. The maximum atomic E-state index is 13.6. The van der Waals surface area contributed by atoms with Crippen LogP contribution in [-0.2, 0) is 28.8 Å². The molecule has 4 aromatic rings. The van der Waals surface area contributed by atoms with Crippen molar-refractivity contribution in [2.24, 2.45) is 5.92 Å². The first-order chi connectivity index (χ1) is 18.9. The minimum Gasteiger partial charge on any atom is -0.494 e. The van der Waals surface area contributed by atoms with Crippen molar-refractivity contribution >= 4 is 17.3 Å². The number of hydrogen-bond acceptors (Lipinski definition) is 4. The van der Waals surface area contributed by atoms with E-state index in [-0.39, 0.29) is 11.8 Å². The largest absolute Gasteiger partial charge is 0.494 e. The molecule has 4 rings (SSSR count). The molecule has 0 aliphatic heterocycles. The normalized spacial score (nSPS) is 11.2. The Hall–Kier alpha value is -3.86. The Morgan fingerprint density at radius 2 is 1.67 bits per heavy atom. The molecule has 0 aliphatic rings. The third-order valence-electron chi connectivity index (χ3n) is 6.76. The Morgan fingerprint density at radius 3 is 2.44 bits per heavy atom. The average Bonchev–Trinajstić information content (AvgIpc) is 3.30. The summed E-state index contributed by atoms with van der Waals surface area (Å²) >= 11 is 0. The fraction of sp³-hybridized carbons (Fsp3) is 0.353. The Labute approximate surface area is 231 Å². The number of benzene rings is 2. The average molecular weight is 526 g/mol. The van der Waals surface area contributed by atoms with Crippen molar-refractivity contribution in [1.29, 1.82) is 0 Å². The number of ether oxygens (including phenoxy) is 2. The van der Waals surface area contributed by atoms with Crippen molar-refractivity contribution < 1.29 is 19.1 Å². The molecule has 5 nitrogen and oxygen atoms in total. The second kappa shape index (κ2) is 13.8. The van der Waals surface area contributed by atoms with Crippen molar-refractivity contribution in [1.82, 2.24) is 4.40 Å². The van der Waals surface area contributed by atoms with E-state index in [1.165, 1.54) is 11.1 Å². The van der Waals surface area contributed by atoms with E-state index in [1.54, 1.807) is 0 Å². The van der Waals surface area contributed by atoms with Crippen molar-refractivity contribution in [3.63, 3.8) is 0 Å². The molecule has 204 valence electrons. The van der Waals surface area contributed by atoms with E-state index in [0.717, 1.165) is 30.5 Å². The van der Waals surface area contributed by atoms with Gasteiger partial charge in [-0.3, -0.25) is 9.59 Å². The molecular weight excluding hydrogens is 486 g/mol. The topological polar surface area (TPSA) is 57.0 Å². The number of esters is 1. The maximum Gasteiger partial charge on any atom is 0.305 e. The zero-order chi connectivity index (χ0) is 27.6. The van der Waals surface area contributed by atoms with Gasteiger partial charge in [0.05, 0.1) is 18.7 Å². The minimum atomic E-state index is -0.189. The summed E-state index contributed by atoms with van der Waals surface area (Å²) < 4.78 is 13.1. The molecule has 0 unspecified atom stereocenters. The molecule has 0 fully saturated rings. The molecule has 0 amide bonds. The Balaban J connectivity index is 1.37. The first-order valence-corrected chi connectivity index (χ1v) is 14.0. The second-order valence-corrected chi connectivity index (χ2v) is 10.4. The van der Waals surface area contributed by atoms with Crippen LogP contribution in [0.2, 0.25) is 0 Å². The molecule has 0 saturated carbocycles. The van der Waals surface area contributed by atoms with Crippen LogP contribution in [0.4, 0.5) is 0 Å². The van der Waals surface area contributed by atoms with Gasteiger partial charge in [0.2, 0.25) is 0 Å². The van der Waals surface area contributed by atoms with Crippen LogP contribution in [-0.4, -0.2) is 29.4 Å². The number of carbonyl (C=O) groups excluding carboxylic acids is 2. The highest BCUT2D eigenvalue weighted by Crippen LogP contribution is 2.24. The first kappa shape index (κ1) is 28.2. The molecule has 2 heterocycles. The van der Waals surface area contributed by atoms with Gasteiger partial charge in [-0.15, -0.1) is 0 Å². The number of aromatic nitrogens is 1. The molecule has 0 bridgehead atoms. The molecule has 0 atom stereocenters. The summed E-state index contributed by atoms with van der Waals surface area (Å²) in [6.45, 7) is 7.27. The summed E-state index contributed by atoms with van der Waals surface area (Å²) in [6.07, 6.45) is 6.63. The lowest BCUT2D eigenvalue weighted by Gasteiger charge is -2.09. The van der Waals surface area contributed by atoms with Gasteiger partial charge in [0, 0.05) is 29.4 Å². The number of nitrogens with zero attached hydrogens (tertiary/aromatic N) is 1. The minimum absolute atomic E-state index is 0.0396. The van der Waals surface area contributed by atoms with Crippen LogP contribution in [0.5, 0.6) is 5.75 Å². The van der Waals surface area contributed by atoms with Crippen LogP contribution < -0.4 is 4.74 Å². The van der Waals surface area contributed by atoms with Gasteiger partial charge < -0.3 is 13.9 Å². The van der Waals surface area contributed by atoms with E-state index in [9.17, 15) is 9.59 Å². The van der Waals surface area contributed by atoms with Gasteiger partial charge in [0.15, 0.2) is 5.78 Å². The van der Waals surface area contributed by atoms with Gasteiger partial charge >= 0.3 is 5.97 Å².